The molecule has 2 heteroatoms. The van der Waals surface area contributed by atoms with Crippen LogP contribution in [0.5, 0.6) is 0 Å². The summed E-state index contributed by atoms with van der Waals surface area (Å²) in [6, 6.07) is 0. The van der Waals surface area contributed by atoms with Gasteiger partial charge in [0.1, 0.15) is 0 Å². The molecule has 0 aliphatic heterocycles. The van der Waals surface area contributed by atoms with Crippen molar-refractivity contribution in [3.05, 3.63) is 24.3 Å². The average Bonchev–Trinajstić information content (AvgIpc) is 2.25. The van der Waals surface area contributed by atoms with E-state index >= 15 is 0 Å². The van der Waals surface area contributed by atoms with Gasteiger partial charge in [-0.05, 0) is 32.9 Å². The highest BCUT2D eigenvalue weighted by molar-refractivity contribution is 5.00. The Kier molecular flexibility index (Phi) is 16.0. The summed E-state index contributed by atoms with van der Waals surface area (Å²) in [4.78, 5) is 2.18. The van der Waals surface area contributed by atoms with Gasteiger partial charge in [0.25, 0.3) is 0 Å². The van der Waals surface area contributed by atoms with Crippen LogP contribution in [0.25, 0.3) is 0 Å². The van der Waals surface area contributed by atoms with Gasteiger partial charge >= 0.3 is 0 Å². The van der Waals surface area contributed by atoms with Crippen molar-refractivity contribution in [1.29, 1.82) is 0 Å². The van der Waals surface area contributed by atoms with Crippen LogP contribution in [0.15, 0.2) is 24.3 Å². The average molecular weight is 226 g/mol. The zero-order valence-electron chi connectivity index (χ0n) is 11.7. The number of nitrogens with zero attached hydrogens (tertiary/aromatic N) is 1. The molecule has 2 nitrogen and oxygen atoms in total. The molecule has 0 aromatic carbocycles. The fourth-order valence-corrected chi connectivity index (χ4v) is 0.919. The summed E-state index contributed by atoms with van der Waals surface area (Å²) < 4.78 is 0. The predicted molar refractivity (Wildman–Crippen MR) is 75.6 cm³/mol. The molecule has 0 aliphatic rings. The van der Waals surface area contributed by atoms with Crippen molar-refractivity contribution in [2.45, 2.75) is 34.1 Å². The number of rotatable bonds is 6. The number of nitrogens with two attached hydrogens (primary N) is 1. The van der Waals surface area contributed by atoms with E-state index < -0.39 is 0 Å². The summed E-state index contributed by atoms with van der Waals surface area (Å²) in [7, 11) is 2.06. The third kappa shape index (κ3) is 19.0. The van der Waals surface area contributed by atoms with Crippen molar-refractivity contribution in [2.75, 3.05) is 26.7 Å². The van der Waals surface area contributed by atoms with Crippen LogP contribution in [-0.4, -0.2) is 31.6 Å². The van der Waals surface area contributed by atoms with E-state index in [9.17, 15) is 0 Å². The molecule has 0 radical (unpaired) electrons. The topological polar surface area (TPSA) is 29.3 Å². The summed E-state index contributed by atoms with van der Waals surface area (Å²) in [5.74, 6) is 0.784. The second-order valence-electron chi connectivity index (χ2n) is 4.27. The molecule has 0 heterocycles. The lowest BCUT2D eigenvalue weighted by Crippen LogP contribution is -2.24. The van der Waals surface area contributed by atoms with Crippen molar-refractivity contribution in [3.63, 3.8) is 0 Å². The maximum atomic E-state index is 5.26. The quantitative estimate of drug-likeness (QED) is 0.705. The lowest BCUT2D eigenvalue weighted by atomic mass is 10.1. The summed E-state index contributed by atoms with van der Waals surface area (Å²) in [6.07, 6.45) is 9.58. The largest absolute Gasteiger partial charge is 0.329 e. The maximum Gasteiger partial charge on any atom is 0.0101 e. The summed E-state index contributed by atoms with van der Waals surface area (Å²) in [5, 5.41) is 0. The Morgan fingerprint density at radius 1 is 1.25 bits per heavy atom. The Hall–Kier alpha value is -0.600. The summed E-state index contributed by atoms with van der Waals surface area (Å²) in [5.41, 5.74) is 5.26. The normalized spacial score (nSPS) is 11.5. The minimum atomic E-state index is 0.768. The van der Waals surface area contributed by atoms with E-state index in [4.69, 9.17) is 5.73 Å². The molecule has 0 rings (SSSR count). The molecule has 0 saturated heterocycles. The van der Waals surface area contributed by atoms with Gasteiger partial charge in [-0.1, -0.05) is 45.1 Å². The Balaban J connectivity index is 0. The number of hydrogen-bond donors (Lipinski definition) is 1. The van der Waals surface area contributed by atoms with E-state index in [-0.39, 0.29) is 0 Å². The number of likely N-dealkylation sites (N-methyl/N-ethyl adjacent to an activating group) is 1. The smallest absolute Gasteiger partial charge is 0.0101 e. The van der Waals surface area contributed by atoms with Crippen molar-refractivity contribution in [1.82, 2.24) is 4.90 Å². The van der Waals surface area contributed by atoms with Gasteiger partial charge in [0.15, 0.2) is 0 Å². The van der Waals surface area contributed by atoms with E-state index in [1.165, 1.54) is 6.42 Å². The molecule has 0 aromatic heterocycles. The lowest BCUT2D eigenvalue weighted by molar-refractivity contribution is 0.363. The molecule has 0 unspecified atom stereocenters. The van der Waals surface area contributed by atoms with Crippen LogP contribution in [0.2, 0.25) is 0 Å². The molecule has 0 atom stereocenters. The minimum Gasteiger partial charge on any atom is -0.329 e. The standard InChI is InChI=1S/C9H16.C5H14N2/c1-4-5-6-7-8-9(2)3;1-3-7(2)5-4-6/h4-7,9H,8H2,1-3H3;3-6H2,1-2H3/b5-4-,7-6-;. The fraction of sp³-hybridized carbons (Fsp3) is 0.714. The first-order valence-corrected chi connectivity index (χ1v) is 6.24. The van der Waals surface area contributed by atoms with Gasteiger partial charge in [-0.25, -0.2) is 0 Å². The van der Waals surface area contributed by atoms with E-state index in [0.717, 1.165) is 25.6 Å². The molecular weight excluding hydrogens is 196 g/mol. The van der Waals surface area contributed by atoms with Crippen LogP contribution in [0, 0.1) is 5.92 Å². The zero-order chi connectivity index (χ0) is 12.8. The molecular formula is C14H30N2. The first kappa shape index (κ1) is 17.8. The molecule has 0 amide bonds. The molecule has 16 heavy (non-hydrogen) atoms. The van der Waals surface area contributed by atoms with E-state index in [2.05, 4.69) is 50.9 Å². The molecule has 0 aromatic rings. The third-order valence-electron chi connectivity index (χ3n) is 2.10. The van der Waals surface area contributed by atoms with Crippen molar-refractivity contribution in [2.24, 2.45) is 11.7 Å². The van der Waals surface area contributed by atoms with Crippen LogP contribution in [0.4, 0.5) is 0 Å². The number of allylic oxidation sites excluding steroid dienone is 4. The highest BCUT2D eigenvalue weighted by atomic mass is 15.1. The maximum absolute atomic E-state index is 5.26. The lowest BCUT2D eigenvalue weighted by Gasteiger charge is -2.10. The van der Waals surface area contributed by atoms with Crippen LogP contribution in [-0.2, 0) is 0 Å². The van der Waals surface area contributed by atoms with Gasteiger partial charge in [-0.3, -0.25) is 0 Å². The van der Waals surface area contributed by atoms with Crippen molar-refractivity contribution in [3.8, 4) is 0 Å². The molecule has 96 valence electrons. The van der Waals surface area contributed by atoms with E-state index in [1.807, 2.05) is 13.0 Å². The molecule has 0 bridgehead atoms. The zero-order valence-corrected chi connectivity index (χ0v) is 11.7. The summed E-state index contributed by atoms with van der Waals surface area (Å²) >= 11 is 0. The van der Waals surface area contributed by atoms with Gasteiger partial charge in [0.05, 0.1) is 0 Å². The Bertz CT molecular complexity index is 172. The van der Waals surface area contributed by atoms with Gasteiger partial charge in [-0.15, -0.1) is 0 Å². The fourth-order valence-electron chi connectivity index (χ4n) is 0.919. The van der Waals surface area contributed by atoms with Gasteiger partial charge in [0, 0.05) is 13.1 Å². The summed E-state index contributed by atoms with van der Waals surface area (Å²) in [6.45, 7) is 11.5. The second kappa shape index (κ2) is 14.4. The number of hydrogen-bond acceptors (Lipinski definition) is 2. The van der Waals surface area contributed by atoms with Crippen LogP contribution >= 0.6 is 0 Å². The van der Waals surface area contributed by atoms with Crippen LogP contribution in [0.3, 0.4) is 0 Å². The molecule has 0 saturated carbocycles. The van der Waals surface area contributed by atoms with E-state index in [0.29, 0.717) is 0 Å². The van der Waals surface area contributed by atoms with Gasteiger partial charge in [-0.2, -0.15) is 0 Å². The predicted octanol–water partition coefficient (Wildman–Crippen LogP) is 3.06. The first-order valence-electron chi connectivity index (χ1n) is 6.24. The van der Waals surface area contributed by atoms with Gasteiger partial charge < -0.3 is 10.6 Å². The highest BCUT2D eigenvalue weighted by Gasteiger charge is 1.86. The monoisotopic (exact) mass is 226 g/mol. The van der Waals surface area contributed by atoms with E-state index in [1.54, 1.807) is 0 Å². The van der Waals surface area contributed by atoms with Crippen molar-refractivity contribution >= 4 is 0 Å². The highest BCUT2D eigenvalue weighted by Crippen LogP contribution is 1.99. The SMILES string of the molecule is C/C=C\C=C/CC(C)C.CCN(C)CCN. The Morgan fingerprint density at radius 2 is 1.88 bits per heavy atom. The Morgan fingerprint density at radius 3 is 2.19 bits per heavy atom. The minimum absolute atomic E-state index is 0.768. The van der Waals surface area contributed by atoms with Crippen molar-refractivity contribution < 1.29 is 0 Å². The second-order valence-corrected chi connectivity index (χ2v) is 4.27. The Labute approximate surface area is 102 Å². The first-order chi connectivity index (χ1) is 7.58. The third-order valence-corrected chi connectivity index (χ3v) is 2.10. The van der Waals surface area contributed by atoms with Crippen LogP contribution in [0.1, 0.15) is 34.1 Å². The molecule has 0 aliphatic carbocycles. The van der Waals surface area contributed by atoms with Crippen LogP contribution < -0.4 is 5.73 Å². The van der Waals surface area contributed by atoms with Gasteiger partial charge in [0.2, 0.25) is 0 Å². The molecule has 2 N–H and O–H groups in total. The molecule has 0 spiro atoms. The molecule has 0 fully saturated rings.